The summed E-state index contributed by atoms with van der Waals surface area (Å²) in [6.07, 6.45) is 0. The van der Waals surface area contributed by atoms with Crippen LogP contribution < -0.4 is 0 Å². The molecule has 0 aliphatic rings. The number of rotatable bonds is 3. The van der Waals surface area contributed by atoms with E-state index in [-0.39, 0.29) is 0 Å². The van der Waals surface area contributed by atoms with E-state index in [1.807, 2.05) is 12.1 Å². The third kappa shape index (κ3) is 4.22. The minimum atomic E-state index is 0.884. The van der Waals surface area contributed by atoms with Crippen molar-refractivity contribution in [3.05, 3.63) is 182 Å². The summed E-state index contributed by atoms with van der Waals surface area (Å²) in [7, 11) is 0. The molecule has 2 heteroatoms. The Balaban J connectivity index is 1.07. The Hall–Kier alpha value is -7.16. The lowest BCUT2D eigenvalue weighted by Gasteiger charge is -2.18. The van der Waals surface area contributed by atoms with Crippen LogP contribution in [0.3, 0.4) is 0 Å². The number of benzene rings is 10. The van der Waals surface area contributed by atoms with Crippen molar-refractivity contribution in [2.24, 2.45) is 0 Å². The minimum Gasteiger partial charge on any atom is -0.456 e. The van der Waals surface area contributed by atoms with E-state index in [4.69, 9.17) is 8.83 Å². The van der Waals surface area contributed by atoms with Crippen molar-refractivity contribution >= 4 is 87.0 Å². The fraction of sp³-hybridized carbons (Fsp3) is 0. The monoisotopic (exact) mass is 686 g/mol. The Bertz CT molecular complexity index is 3430. The zero-order valence-corrected chi connectivity index (χ0v) is 29.1. The third-order valence-corrected chi connectivity index (χ3v) is 11.4. The maximum atomic E-state index is 6.69. The summed E-state index contributed by atoms with van der Waals surface area (Å²) < 4.78 is 12.9. The number of furan rings is 2. The van der Waals surface area contributed by atoms with Gasteiger partial charge in [0.25, 0.3) is 0 Å². The standard InChI is InChI=1S/C52H30O2/c1-2-10-31(11-3-1)33-20-18-32-19-21-34(29-36(32)28-33)49-37-12-4-6-14-39(37)50(40-15-7-5-13-38(40)49)35-22-26-47-45(30-35)43-24-23-41-42(52(43)54-47)25-27-48-51(41)44-16-8-9-17-46(44)53-48/h1-30H. The van der Waals surface area contributed by atoms with E-state index >= 15 is 0 Å². The fourth-order valence-electron chi connectivity index (χ4n) is 8.98. The summed E-state index contributed by atoms with van der Waals surface area (Å²) in [5, 5.41) is 14.1. The molecule has 0 unspecified atom stereocenters. The van der Waals surface area contributed by atoms with Gasteiger partial charge in [-0.2, -0.15) is 0 Å². The molecular weight excluding hydrogens is 657 g/mol. The van der Waals surface area contributed by atoms with Crippen LogP contribution in [0.5, 0.6) is 0 Å². The van der Waals surface area contributed by atoms with E-state index in [1.165, 1.54) is 65.7 Å². The first-order chi connectivity index (χ1) is 26.8. The second-order valence-corrected chi connectivity index (χ2v) is 14.4. The van der Waals surface area contributed by atoms with Gasteiger partial charge in [-0.05, 0) is 120 Å². The highest BCUT2D eigenvalue weighted by Crippen LogP contribution is 2.46. The van der Waals surface area contributed by atoms with Crippen molar-refractivity contribution in [1.29, 1.82) is 0 Å². The van der Waals surface area contributed by atoms with Crippen LogP contribution in [0.4, 0.5) is 0 Å². The van der Waals surface area contributed by atoms with Gasteiger partial charge in [0.05, 0.1) is 0 Å². The quantitative estimate of drug-likeness (QED) is 0.173. The van der Waals surface area contributed by atoms with Gasteiger partial charge >= 0.3 is 0 Å². The Kier molecular flexibility index (Phi) is 6.09. The molecule has 0 radical (unpaired) electrons. The van der Waals surface area contributed by atoms with Gasteiger partial charge in [-0.25, -0.2) is 0 Å². The molecule has 0 saturated carbocycles. The topological polar surface area (TPSA) is 26.3 Å². The first-order valence-electron chi connectivity index (χ1n) is 18.5. The van der Waals surface area contributed by atoms with E-state index in [0.29, 0.717) is 0 Å². The highest BCUT2D eigenvalue weighted by molar-refractivity contribution is 6.26. The molecular formula is C52H30O2. The van der Waals surface area contributed by atoms with Crippen LogP contribution in [0.2, 0.25) is 0 Å². The molecule has 2 aromatic heterocycles. The molecule has 0 spiro atoms. The molecule has 0 aliphatic heterocycles. The van der Waals surface area contributed by atoms with Gasteiger partial charge in [0.1, 0.15) is 22.3 Å². The van der Waals surface area contributed by atoms with Crippen LogP contribution in [-0.4, -0.2) is 0 Å². The fourth-order valence-corrected chi connectivity index (χ4v) is 8.98. The molecule has 0 fully saturated rings. The number of hydrogen-bond acceptors (Lipinski definition) is 2. The molecule has 10 aromatic carbocycles. The van der Waals surface area contributed by atoms with Crippen LogP contribution in [0, 0.1) is 0 Å². The molecule has 2 heterocycles. The van der Waals surface area contributed by atoms with Gasteiger partial charge in [-0.3, -0.25) is 0 Å². The van der Waals surface area contributed by atoms with Crippen LogP contribution in [0.15, 0.2) is 191 Å². The molecule has 0 aliphatic carbocycles. The van der Waals surface area contributed by atoms with Gasteiger partial charge < -0.3 is 8.83 Å². The molecule has 0 atom stereocenters. The molecule has 250 valence electrons. The van der Waals surface area contributed by atoms with Gasteiger partial charge in [0.15, 0.2) is 0 Å². The summed E-state index contributed by atoms with van der Waals surface area (Å²) in [5.41, 5.74) is 10.9. The van der Waals surface area contributed by atoms with Crippen LogP contribution >= 0.6 is 0 Å². The smallest absolute Gasteiger partial charge is 0.143 e. The average molecular weight is 687 g/mol. The first-order valence-corrected chi connectivity index (χ1v) is 18.5. The molecule has 12 rings (SSSR count). The molecule has 0 saturated heterocycles. The van der Waals surface area contributed by atoms with E-state index in [1.54, 1.807) is 0 Å². The van der Waals surface area contributed by atoms with Crippen molar-refractivity contribution in [1.82, 2.24) is 0 Å². The van der Waals surface area contributed by atoms with Crippen molar-refractivity contribution in [2.75, 3.05) is 0 Å². The van der Waals surface area contributed by atoms with Crippen LogP contribution in [-0.2, 0) is 0 Å². The zero-order valence-electron chi connectivity index (χ0n) is 29.1. The maximum Gasteiger partial charge on any atom is 0.143 e. The first kappa shape index (κ1) is 29.4. The zero-order chi connectivity index (χ0) is 35.3. The van der Waals surface area contributed by atoms with E-state index < -0.39 is 0 Å². The predicted octanol–water partition coefficient (Wildman–Crippen LogP) is 15.1. The van der Waals surface area contributed by atoms with E-state index in [0.717, 1.165) is 54.6 Å². The Labute approximate surface area is 310 Å². The highest BCUT2D eigenvalue weighted by Gasteiger charge is 2.20. The van der Waals surface area contributed by atoms with Gasteiger partial charge in [0, 0.05) is 26.9 Å². The number of para-hydroxylation sites is 1. The lowest BCUT2D eigenvalue weighted by Crippen LogP contribution is -1.91. The normalized spacial score (nSPS) is 12.1. The number of hydrogen-bond donors (Lipinski definition) is 0. The van der Waals surface area contributed by atoms with Crippen molar-refractivity contribution in [3.63, 3.8) is 0 Å². The Morgan fingerprint density at radius 3 is 1.52 bits per heavy atom. The molecule has 2 nitrogen and oxygen atoms in total. The molecule has 12 aromatic rings. The Morgan fingerprint density at radius 2 is 0.778 bits per heavy atom. The van der Waals surface area contributed by atoms with E-state index in [2.05, 4.69) is 170 Å². The van der Waals surface area contributed by atoms with Crippen molar-refractivity contribution in [2.45, 2.75) is 0 Å². The minimum absolute atomic E-state index is 0.884. The maximum absolute atomic E-state index is 6.69. The predicted molar refractivity (Wildman–Crippen MR) is 227 cm³/mol. The second-order valence-electron chi connectivity index (χ2n) is 14.4. The third-order valence-electron chi connectivity index (χ3n) is 11.4. The lowest BCUT2D eigenvalue weighted by atomic mass is 9.85. The Morgan fingerprint density at radius 1 is 0.259 bits per heavy atom. The summed E-state index contributed by atoms with van der Waals surface area (Å²) >= 11 is 0. The summed E-state index contributed by atoms with van der Waals surface area (Å²) in [6, 6.07) is 65.7. The molecule has 0 amide bonds. The van der Waals surface area contributed by atoms with Crippen LogP contribution in [0.1, 0.15) is 0 Å². The van der Waals surface area contributed by atoms with Crippen molar-refractivity contribution in [3.8, 4) is 33.4 Å². The average Bonchev–Trinajstić information content (AvgIpc) is 3.81. The van der Waals surface area contributed by atoms with E-state index in [9.17, 15) is 0 Å². The van der Waals surface area contributed by atoms with Crippen molar-refractivity contribution < 1.29 is 8.83 Å². The van der Waals surface area contributed by atoms with Gasteiger partial charge in [-0.15, -0.1) is 0 Å². The SMILES string of the molecule is c1ccc(-c2ccc3ccc(-c4c5ccccc5c(-c5ccc6oc7c(ccc8c7ccc7oc9ccccc9c78)c6c5)c5ccccc45)cc3c2)cc1. The summed E-state index contributed by atoms with van der Waals surface area (Å²) in [5.74, 6) is 0. The molecule has 0 bridgehead atoms. The van der Waals surface area contributed by atoms with Crippen LogP contribution in [0.25, 0.3) is 120 Å². The van der Waals surface area contributed by atoms with Gasteiger partial charge in [0.2, 0.25) is 0 Å². The highest BCUT2D eigenvalue weighted by atomic mass is 16.3. The molecule has 54 heavy (non-hydrogen) atoms. The number of fused-ring (bicyclic) bond motifs is 12. The second kappa shape index (κ2) is 11.2. The van der Waals surface area contributed by atoms with Gasteiger partial charge in [-0.1, -0.05) is 133 Å². The summed E-state index contributed by atoms with van der Waals surface area (Å²) in [6.45, 7) is 0. The summed E-state index contributed by atoms with van der Waals surface area (Å²) in [4.78, 5) is 0. The molecule has 0 N–H and O–H groups in total. The largest absolute Gasteiger partial charge is 0.456 e. The lowest BCUT2D eigenvalue weighted by molar-refractivity contribution is 0.669.